The van der Waals surface area contributed by atoms with Crippen molar-refractivity contribution in [2.45, 2.75) is 31.7 Å². The SMILES string of the molecule is CN1CCN(CC(=O)NC2CCC(CO)CC2)CC1. The molecule has 1 amide bonds. The monoisotopic (exact) mass is 269 g/mol. The minimum absolute atomic E-state index is 0.164. The number of amides is 1. The number of rotatable bonds is 4. The van der Waals surface area contributed by atoms with E-state index in [2.05, 4.69) is 22.2 Å². The molecule has 5 nitrogen and oxygen atoms in total. The van der Waals surface area contributed by atoms with Gasteiger partial charge in [-0.2, -0.15) is 0 Å². The van der Waals surface area contributed by atoms with Crippen molar-refractivity contribution in [1.29, 1.82) is 0 Å². The number of hydrogen-bond acceptors (Lipinski definition) is 4. The summed E-state index contributed by atoms with van der Waals surface area (Å²) in [5, 5.41) is 12.2. The number of piperazine rings is 1. The van der Waals surface area contributed by atoms with Gasteiger partial charge in [-0.05, 0) is 38.6 Å². The zero-order valence-electron chi connectivity index (χ0n) is 12.0. The molecule has 110 valence electrons. The van der Waals surface area contributed by atoms with Crippen LogP contribution in [0.5, 0.6) is 0 Å². The molecule has 0 aromatic heterocycles. The number of aliphatic hydroxyl groups is 1. The van der Waals surface area contributed by atoms with Gasteiger partial charge < -0.3 is 15.3 Å². The maximum Gasteiger partial charge on any atom is 0.234 e. The van der Waals surface area contributed by atoms with Crippen molar-refractivity contribution in [2.24, 2.45) is 5.92 Å². The summed E-state index contributed by atoms with van der Waals surface area (Å²) in [7, 11) is 2.12. The number of carbonyl (C=O) groups excluding carboxylic acids is 1. The Hall–Kier alpha value is -0.650. The molecule has 1 aliphatic carbocycles. The Morgan fingerprint density at radius 3 is 2.37 bits per heavy atom. The Kier molecular flexibility index (Phi) is 5.60. The number of carbonyl (C=O) groups is 1. The van der Waals surface area contributed by atoms with Crippen LogP contribution in [0.1, 0.15) is 25.7 Å². The van der Waals surface area contributed by atoms with Crippen LogP contribution in [0.2, 0.25) is 0 Å². The molecule has 0 spiro atoms. The van der Waals surface area contributed by atoms with Crippen LogP contribution in [-0.2, 0) is 4.79 Å². The topological polar surface area (TPSA) is 55.8 Å². The van der Waals surface area contributed by atoms with Gasteiger partial charge in [-0.15, -0.1) is 0 Å². The highest BCUT2D eigenvalue weighted by Gasteiger charge is 2.23. The van der Waals surface area contributed by atoms with Gasteiger partial charge in [0, 0.05) is 38.8 Å². The molecule has 5 heteroatoms. The predicted octanol–water partition coefficient (Wildman–Crippen LogP) is -0.0989. The summed E-state index contributed by atoms with van der Waals surface area (Å²) in [5.41, 5.74) is 0. The Bertz CT molecular complexity index is 282. The molecule has 2 N–H and O–H groups in total. The van der Waals surface area contributed by atoms with Gasteiger partial charge in [0.15, 0.2) is 0 Å². The summed E-state index contributed by atoms with van der Waals surface area (Å²) in [6, 6.07) is 0.322. The third kappa shape index (κ3) is 4.75. The quantitative estimate of drug-likeness (QED) is 0.748. The molecule has 1 saturated heterocycles. The fourth-order valence-corrected chi connectivity index (χ4v) is 2.97. The van der Waals surface area contributed by atoms with E-state index in [1.54, 1.807) is 0 Å². The Morgan fingerprint density at radius 1 is 1.16 bits per heavy atom. The zero-order chi connectivity index (χ0) is 13.7. The molecule has 0 radical (unpaired) electrons. The summed E-state index contributed by atoms with van der Waals surface area (Å²) >= 11 is 0. The molecule has 19 heavy (non-hydrogen) atoms. The second-order valence-electron chi connectivity index (χ2n) is 6.05. The van der Waals surface area contributed by atoms with E-state index in [0.29, 0.717) is 25.1 Å². The van der Waals surface area contributed by atoms with Crippen LogP contribution in [0.25, 0.3) is 0 Å². The number of nitrogens with zero attached hydrogens (tertiary/aromatic N) is 2. The highest BCUT2D eigenvalue weighted by molar-refractivity contribution is 5.78. The highest BCUT2D eigenvalue weighted by atomic mass is 16.3. The molecular weight excluding hydrogens is 242 g/mol. The highest BCUT2D eigenvalue weighted by Crippen LogP contribution is 2.23. The molecule has 1 aliphatic heterocycles. The normalized spacial score (nSPS) is 30.2. The Labute approximate surface area is 115 Å². The molecule has 0 aromatic rings. The zero-order valence-corrected chi connectivity index (χ0v) is 12.0. The van der Waals surface area contributed by atoms with Crippen molar-refractivity contribution >= 4 is 5.91 Å². The third-order valence-electron chi connectivity index (χ3n) is 4.43. The first-order chi connectivity index (χ1) is 9.17. The number of aliphatic hydroxyl groups excluding tert-OH is 1. The summed E-state index contributed by atoms with van der Waals surface area (Å²) in [4.78, 5) is 16.5. The number of hydrogen-bond donors (Lipinski definition) is 2. The average molecular weight is 269 g/mol. The van der Waals surface area contributed by atoms with Gasteiger partial charge in [0.2, 0.25) is 5.91 Å². The number of nitrogens with one attached hydrogen (secondary N) is 1. The van der Waals surface area contributed by atoms with Crippen molar-refractivity contribution in [3.8, 4) is 0 Å². The van der Waals surface area contributed by atoms with Crippen LogP contribution in [-0.4, -0.2) is 73.2 Å². The van der Waals surface area contributed by atoms with Crippen LogP contribution in [0, 0.1) is 5.92 Å². The van der Waals surface area contributed by atoms with Crippen LogP contribution < -0.4 is 5.32 Å². The fourth-order valence-electron chi connectivity index (χ4n) is 2.97. The molecular formula is C14H27N3O2. The molecule has 2 rings (SSSR count). The van der Waals surface area contributed by atoms with Crippen molar-refractivity contribution in [2.75, 3.05) is 46.4 Å². The standard InChI is InChI=1S/C14H27N3O2/c1-16-6-8-17(9-7-16)10-14(19)15-13-4-2-12(11-18)3-5-13/h12-13,18H,2-11H2,1H3,(H,15,19). The van der Waals surface area contributed by atoms with Crippen molar-refractivity contribution < 1.29 is 9.90 Å². The van der Waals surface area contributed by atoms with E-state index in [0.717, 1.165) is 51.9 Å². The molecule has 0 aromatic carbocycles. The van der Waals surface area contributed by atoms with Crippen molar-refractivity contribution in [3.05, 3.63) is 0 Å². The molecule has 2 aliphatic rings. The van der Waals surface area contributed by atoms with Gasteiger partial charge >= 0.3 is 0 Å². The van der Waals surface area contributed by atoms with Gasteiger partial charge in [-0.3, -0.25) is 9.69 Å². The average Bonchev–Trinajstić information content (AvgIpc) is 2.42. The molecule has 1 saturated carbocycles. The Morgan fingerprint density at radius 2 is 1.79 bits per heavy atom. The first kappa shape index (κ1) is 14.8. The maximum atomic E-state index is 12.0. The van der Waals surface area contributed by atoms with E-state index in [1.807, 2.05) is 0 Å². The lowest BCUT2D eigenvalue weighted by molar-refractivity contribution is -0.123. The summed E-state index contributed by atoms with van der Waals surface area (Å²) in [5.74, 6) is 0.614. The van der Waals surface area contributed by atoms with E-state index in [1.165, 1.54) is 0 Å². The lowest BCUT2D eigenvalue weighted by Crippen LogP contribution is -2.49. The molecule has 1 heterocycles. The summed E-state index contributed by atoms with van der Waals surface area (Å²) in [6.07, 6.45) is 4.10. The third-order valence-corrected chi connectivity index (χ3v) is 4.43. The predicted molar refractivity (Wildman–Crippen MR) is 74.9 cm³/mol. The lowest BCUT2D eigenvalue weighted by atomic mass is 9.86. The smallest absolute Gasteiger partial charge is 0.234 e. The Balaban J connectivity index is 1.64. The largest absolute Gasteiger partial charge is 0.396 e. The van der Waals surface area contributed by atoms with Crippen LogP contribution in [0.3, 0.4) is 0 Å². The minimum atomic E-state index is 0.164. The fraction of sp³-hybridized carbons (Fsp3) is 0.929. The van der Waals surface area contributed by atoms with E-state index in [4.69, 9.17) is 5.11 Å². The van der Waals surface area contributed by atoms with E-state index < -0.39 is 0 Å². The van der Waals surface area contributed by atoms with E-state index >= 15 is 0 Å². The maximum absolute atomic E-state index is 12.0. The van der Waals surface area contributed by atoms with Crippen LogP contribution in [0.4, 0.5) is 0 Å². The summed E-state index contributed by atoms with van der Waals surface area (Å²) < 4.78 is 0. The first-order valence-electron chi connectivity index (χ1n) is 7.48. The van der Waals surface area contributed by atoms with Gasteiger partial charge in [0.1, 0.15) is 0 Å². The molecule has 0 bridgehead atoms. The van der Waals surface area contributed by atoms with Gasteiger partial charge in [-0.1, -0.05) is 0 Å². The van der Waals surface area contributed by atoms with Crippen molar-refractivity contribution in [3.63, 3.8) is 0 Å². The van der Waals surface area contributed by atoms with E-state index in [-0.39, 0.29) is 5.91 Å². The van der Waals surface area contributed by atoms with Gasteiger partial charge in [0.05, 0.1) is 6.54 Å². The summed E-state index contributed by atoms with van der Waals surface area (Å²) in [6.45, 7) is 4.90. The second-order valence-corrected chi connectivity index (χ2v) is 6.05. The first-order valence-corrected chi connectivity index (χ1v) is 7.48. The second kappa shape index (κ2) is 7.22. The van der Waals surface area contributed by atoms with Crippen molar-refractivity contribution in [1.82, 2.24) is 15.1 Å². The lowest BCUT2D eigenvalue weighted by Gasteiger charge is -2.33. The van der Waals surface area contributed by atoms with Gasteiger partial charge in [-0.25, -0.2) is 0 Å². The molecule has 0 unspecified atom stereocenters. The number of likely N-dealkylation sites (N-methyl/N-ethyl adjacent to an activating group) is 1. The van der Waals surface area contributed by atoms with Crippen LogP contribution in [0.15, 0.2) is 0 Å². The van der Waals surface area contributed by atoms with E-state index in [9.17, 15) is 4.79 Å². The molecule has 2 fully saturated rings. The van der Waals surface area contributed by atoms with Gasteiger partial charge in [0.25, 0.3) is 0 Å². The van der Waals surface area contributed by atoms with Crippen LogP contribution >= 0.6 is 0 Å². The molecule has 0 atom stereocenters. The minimum Gasteiger partial charge on any atom is -0.396 e.